The van der Waals surface area contributed by atoms with Crippen molar-refractivity contribution >= 4 is 31.5 Å². The van der Waals surface area contributed by atoms with Crippen molar-refractivity contribution in [3.8, 4) is 0 Å². The summed E-state index contributed by atoms with van der Waals surface area (Å²) in [4.78, 5) is 14.5. The summed E-state index contributed by atoms with van der Waals surface area (Å²) < 4.78 is 61.3. The number of hydrogen-bond donors (Lipinski definition) is 2. The zero-order chi connectivity index (χ0) is 37.2. The summed E-state index contributed by atoms with van der Waals surface area (Å²) in [6, 6.07) is 15.8. The van der Waals surface area contributed by atoms with Crippen LogP contribution in [0.1, 0.15) is 65.7 Å². The minimum atomic E-state index is -2.19. The lowest BCUT2D eigenvalue weighted by atomic mass is 9.44. The smallest absolute Gasteiger partial charge is 0.192 e. The van der Waals surface area contributed by atoms with E-state index in [9.17, 15) is 9.90 Å². The van der Waals surface area contributed by atoms with Gasteiger partial charge in [-0.25, -0.2) is 8.78 Å². The third-order valence-corrected chi connectivity index (χ3v) is 19.7. The molecule has 0 aromatic heterocycles. The van der Waals surface area contributed by atoms with Gasteiger partial charge < -0.3 is 29.5 Å². The first-order valence-corrected chi connectivity index (χ1v) is 22.3. The number of epoxide rings is 1. The Morgan fingerprint density at radius 2 is 1.67 bits per heavy atom. The van der Waals surface area contributed by atoms with Gasteiger partial charge >= 0.3 is 0 Å². The number of alkyl halides is 2. The molecule has 52 heavy (non-hydrogen) atoms. The first-order chi connectivity index (χ1) is 24.3. The van der Waals surface area contributed by atoms with Gasteiger partial charge in [0.2, 0.25) is 0 Å². The predicted molar refractivity (Wildman–Crippen MR) is 199 cm³/mol. The molecule has 0 amide bonds. The number of fused-ring (bicyclic) bond motifs is 7. The number of anilines is 1. The van der Waals surface area contributed by atoms with Crippen LogP contribution in [-0.2, 0) is 23.4 Å². The van der Waals surface area contributed by atoms with E-state index in [1.165, 1.54) is 18.2 Å². The quantitative estimate of drug-likeness (QED) is 0.166. The fourth-order valence-electron chi connectivity index (χ4n) is 10.2. The van der Waals surface area contributed by atoms with E-state index in [0.29, 0.717) is 18.7 Å². The SMILES string of the molecule is CC(C)(C)[Si](C)(C)OCC1OC1[C@@]12O[C@H](c3ccc(Sc4ccc(N)cc4)cc3)O[C@@H]1C[C@H]1[C@@H]3C[C@H](F)C4=CC(=O)C=C[C@]4(C)[C@@]3(F)[C@@H](O)C[C@@]12C. The molecule has 5 fully saturated rings. The van der Waals surface area contributed by atoms with Crippen LogP contribution in [0.15, 0.2) is 82.1 Å². The van der Waals surface area contributed by atoms with Crippen LogP contribution in [0.5, 0.6) is 0 Å². The number of ketones is 1. The Morgan fingerprint density at radius 3 is 2.33 bits per heavy atom. The Kier molecular flexibility index (Phi) is 8.48. The van der Waals surface area contributed by atoms with Gasteiger partial charge in [0.05, 0.1) is 18.8 Å². The normalized spacial score (nSPS) is 42.3. The summed E-state index contributed by atoms with van der Waals surface area (Å²) in [5.41, 5.74) is 2.05. The van der Waals surface area contributed by atoms with E-state index in [4.69, 9.17) is 24.4 Å². The first-order valence-electron chi connectivity index (χ1n) is 18.6. The van der Waals surface area contributed by atoms with Crippen LogP contribution in [0.25, 0.3) is 0 Å². The molecule has 7 nitrogen and oxygen atoms in total. The highest BCUT2D eigenvalue weighted by Gasteiger charge is 2.82. The van der Waals surface area contributed by atoms with Crippen molar-refractivity contribution in [2.24, 2.45) is 22.7 Å². The number of ether oxygens (including phenoxy) is 3. The van der Waals surface area contributed by atoms with Gasteiger partial charge in [-0.2, -0.15) is 0 Å². The topological polar surface area (TPSA) is 104 Å². The molecule has 3 N–H and O–H groups in total. The Morgan fingerprint density at radius 1 is 1.02 bits per heavy atom. The third kappa shape index (κ3) is 5.23. The molecule has 6 aliphatic rings. The van der Waals surface area contributed by atoms with E-state index >= 15 is 8.78 Å². The molecule has 4 aliphatic carbocycles. The number of benzene rings is 2. The van der Waals surface area contributed by atoms with Gasteiger partial charge in [-0.1, -0.05) is 57.7 Å². The molecule has 280 valence electrons. The third-order valence-electron chi connectivity index (χ3n) is 14.1. The lowest BCUT2D eigenvalue weighted by molar-refractivity contribution is -0.240. The summed E-state index contributed by atoms with van der Waals surface area (Å²) >= 11 is 1.63. The molecule has 0 radical (unpaired) electrons. The number of nitrogen functional groups attached to an aromatic ring is 1. The first kappa shape index (κ1) is 36.6. The second kappa shape index (κ2) is 12.1. The van der Waals surface area contributed by atoms with E-state index in [0.717, 1.165) is 15.4 Å². The van der Waals surface area contributed by atoms with Crippen LogP contribution in [0, 0.1) is 22.7 Å². The molecule has 2 aliphatic heterocycles. The summed E-state index contributed by atoms with van der Waals surface area (Å²) in [6.07, 6.45) is -0.419. The van der Waals surface area contributed by atoms with Crippen molar-refractivity contribution in [3.05, 3.63) is 77.9 Å². The summed E-state index contributed by atoms with van der Waals surface area (Å²) in [5.74, 6) is -1.57. The van der Waals surface area contributed by atoms with Crippen molar-refractivity contribution in [1.82, 2.24) is 0 Å². The van der Waals surface area contributed by atoms with Gasteiger partial charge in [0.15, 0.2) is 26.1 Å². The molecule has 0 bridgehead atoms. The van der Waals surface area contributed by atoms with Crippen molar-refractivity contribution in [2.75, 3.05) is 12.3 Å². The monoisotopic (exact) mass is 751 g/mol. The van der Waals surface area contributed by atoms with Crippen LogP contribution in [0.3, 0.4) is 0 Å². The molecule has 2 heterocycles. The number of carbonyl (C=O) groups excluding carboxylic acids is 1. The Hall–Kier alpha value is -2.38. The number of aliphatic hydroxyl groups is 1. The van der Waals surface area contributed by atoms with Crippen LogP contribution in [-0.4, -0.2) is 67.7 Å². The highest BCUT2D eigenvalue weighted by molar-refractivity contribution is 7.99. The minimum Gasteiger partial charge on any atom is -0.414 e. The van der Waals surface area contributed by atoms with Crippen LogP contribution < -0.4 is 5.73 Å². The van der Waals surface area contributed by atoms with Gasteiger partial charge in [-0.05, 0) is 104 Å². The number of carbonyl (C=O) groups is 1. The maximum absolute atomic E-state index is 18.0. The molecular formula is C41H51F2NO6SSi. The second-order valence-electron chi connectivity index (χ2n) is 17.9. The van der Waals surface area contributed by atoms with E-state index < -0.39 is 67.1 Å². The van der Waals surface area contributed by atoms with Gasteiger partial charge in [0, 0.05) is 37.8 Å². The number of aliphatic hydroxyl groups excluding tert-OH is 1. The zero-order valence-electron chi connectivity index (χ0n) is 31.0. The number of allylic oxidation sites excluding steroid dienone is 4. The Balaban J connectivity index is 1.12. The maximum Gasteiger partial charge on any atom is 0.192 e. The molecular weight excluding hydrogens is 701 g/mol. The van der Waals surface area contributed by atoms with Crippen molar-refractivity contribution in [3.63, 3.8) is 0 Å². The fourth-order valence-corrected chi connectivity index (χ4v) is 12.0. The molecule has 12 atom stereocenters. The Labute approximate surface area is 310 Å². The molecule has 2 aromatic rings. The van der Waals surface area contributed by atoms with Gasteiger partial charge in [-0.15, -0.1) is 0 Å². The molecule has 11 heteroatoms. The highest BCUT2D eigenvalue weighted by Crippen LogP contribution is 2.74. The van der Waals surface area contributed by atoms with Gasteiger partial charge in [-0.3, -0.25) is 4.79 Å². The fraction of sp³-hybridized carbons (Fsp3) is 0.585. The van der Waals surface area contributed by atoms with Crippen LogP contribution in [0.4, 0.5) is 14.5 Å². The second-order valence-corrected chi connectivity index (χ2v) is 23.8. The molecule has 2 unspecified atom stereocenters. The lowest BCUT2D eigenvalue weighted by Crippen LogP contribution is -2.70. The molecule has 2 saturated heterocycles. The van der Waals surface area contributed by atoms with E-state index in [2.05, 4.69) is 40.8 Å². The average molecular weight is 752 g/mol. The van der Waals surface area contributed by atoms with E-state index in [-0.39, 0.29) is 41.3 Å². The number of hydrogen-bond acceptors (Lipinski definition) is 8. The molecule has 0 spiro atoms. The number of nitrogens with two attached hydrogens (primary N) is 1. The van der Waals surface area contributed by atoms with Gasteiger partial charge in [0.25, 0.3) is 0 Å². The highest BCUT2D eigenvalue weighted by atomic mass is 32.2. The average Bonchev–Trinajstić information content (AvgIpc) is 3.70. The van der Waals surface area contributed by atoms with Crippen molar-refractivity contribution in [2.45, 2.75) is 130 Å². The molecule has 8 rings (SSSR count). The standard InChI is InChI=1S/C41H51F2NO6SSi/c1-37(2,3)52(6,7)47-22-32-35(48-32)41-34(49-36(50-41)23-8-12-26(13-9-23)51-27-14-10-24(44)11-15-27)20-28-29-19-31(42)30-18-25(45)16-17-38(30,4)40(29,43)33(46)21-39(28,41)5/h8-18,28-29,31-36,46H,19-22,44H2,1-7H3/t28-,29-,31-,32?,33-,34+,35?,36+,38-,39-,40-,41-/m0/s1. The summed E-state index contributed by atoms with van der Waals surface area (Å²) in [6.45, 7) is 15.1. The largest absolute Gasteiger partial charge is 0.414 e. The zero-order valence-corrected chi connectivity index (χ0v) is 32.8. The van der Waals surface area contributed by atoms with Gasteiger partial charge in [0.1, 0.15) is 24.0 Å². The van der Waals surface area contributed by atoms with Crippen molar-refractivity contribution < 1.29 is 37.3 Å². The summed E-state index contributed by atoms with van der Waals surface area (Å²) in [7, 11) is -2.10. The van der Waals surface area contributed by atoms with Crippen LogP contribution >= 0.6 is 11.8 Å². The predicted octanol–water partition coefficient (Wildman–Crippen LogP) is 8.29. The summed E-state index contributed by atoms with van der Waals surface area (Å²) in [5, 5.41) is 12.1. The van der Waals surface area contributed by atoms with E-state index in [1.807, 2.05) is 48.5 Å². The Bertz CT molecular complexity index is 1820. The van der Waals surface area contributed by atoms with Crippen LogP contribution in [0.2, 0.25) is 18.1 Å². The molecule has 3 saturated carbocycles. The lowest BCUT2D eigenvalue weighted by Gasteiger charge is -2.63. The number of halogens is 2. The van der Waals surface area contributed by atoms with E-state index in [1.54, 1.807) is 18.7 Å². The number of rotatable bonds is 7. The maximum atomic E-state index is 18.0. The molecule has 2 aromatic carbocycles. The minimum absolute atomic E-state index is 0.0163. The van der Waals surface area contributed by atoms with Crippen molar-refractivity contribution in [1.29, 1.82) is 0 Å².